The van der Waals surface area contributed by atoms with Crippen LogP contribution in [0.1, 0.15) is 19.5 Å². The lowest BCUT2D eigenvalue weighted by Crippen LogP contribution is -2.38. The molecule has 0 spiro atoms. The molecule has 1 aromatic heterocycles. The number of aliphatic imine (C=N–C) groups is 1. The quantitative estimate of drug-likeness (QED) is 0.454. The molecule has 0 atom stereocenters. The molecule has 19 heavy (non-hydrogen) atoms. The molecule has 0 aliphatic rings. The van der Waals surface area contributed by atoms with Gasteiger partial charge in [0, 0.05) is 33.1 Å². The minimum Gasteiger partial charge on any atom is -0.356 e. The van der Waals surface area contributed by atoms with E-state index in [-0.39, 0.29) is 24.0 Å². The topological polar surface area (TPSA) is 52.6 Å². The number of guanidine groups is 1. The van der Waals surface area contributed by atoms with Crippen molar-refractivity contribution in [1.82, 2.24) is 15.6 Å². The molecule has 0 aliphatic carbocycles. The lowest BCUT2D eigenvalue weighted by Gasteiger charge is -2.12. The molecule has 0 radical (unpaired) electrons. The molecule has 1 heterocycles. The van der Waals surface area contributed by atoms with Crippen LogP contribution in [-0.2, 0) is 6.54 Å². The van der Waals surface area contributed by atoms with Gasteiger partial charge in [-0.05, 0) is 5.92 Å². The second-order valence-corrected chi connectivity index (χ2v) is 5.55. The van der Waals surface area contributed by atoms with Crippen LogP contribution in [0, 0.1) is 5.92 Å². The van der Waals surface area contributed by atoms with Gasteiger partial charge in [0.25, 0.3) is 0 Å². The van der Waals surface area contributed by atoms with Crippen molar-refractivity contribution in [3.63, 3.8) is 0 Å². The van der Waals surface area contributed by atoms with Gasteiger partial charge in [-0.3, -0.25) is 4.99 Å². The predicted octanol–water partition coefficient (Wildman–Crippen LogP) is 2.15. The highest BCUT2D eigenvalue weighted by Crippen LogP contribution is 2.17. The van der Waals surface area contributed by atoms with Gasteiger partial charge in [-0.25, -0.2) is 4.98 Å². The molecule has 110 valence electrons. The van der Waals surface area contributed by atoms with Crippen molar-refractivity contribution in [1.29, 1.82) is 0 Å². The molecule has 0 amide bonds. The van der Waals surface area contributed by atoms with Gasteiger partial charge in [0.1, 0.15) is 0 Å². The van der Waals surface area contributed by atoms with Crippen molar-refractivity contribution in [2.24, 2.45) is 10.9 Å². The van der Waals surface area contributed by atoms with Gasteiger partial charge < -0.3 is 15.5 Å². The first-order valence-electron chi connectivity index (χ1n) is 6.09. The minimum absolute atomic E-state index is 0. The number of aromatic nitrogens is 1. The van der Waals surface area contributed by atoms with E-state index in [2.05, 4.69) is 39.8 Å². The summed E-state index contributed by atoms with van der Waals surface area (Å²) in [6.07, 6.45) is 0. The normalized spacial score (nSPS) is 11.2. The number of hydrogen-bond acceptors (Lipinski definition) is 4. The molecule has 7 heteroatoms. The maximum Gasteiger partial charge on any atom is 0.191 e. The molecule has 0 aromatic carbocycles. The van der Waals surface area contributed by atoms with Crippen LogP contribution < -0.4 is 15.5 Å². The summed E-state index contributed by atoms with van der Waals surface area (Å²) >= 11 is 1.65. The van der Waals surface area contributed by atoms with E-state index in [1.165, 1.54) is 0 Å². The van der Waals surface area contributed by atoms with Crippen molar-refractivity contribution >= 4 is 46.4 Å². The summed E-state index contributed by atoms with van der Waals surface area (Å²) in [4.78, 5) is 10.7. The van der Waals surface area contributed by atoms with Crippen molar-refractivity contribution in [2.75, 3.05) is 32.6 Å². The van der Waals surface area contributed by atoms with Gasteiger partial charge in [-0.15, -0.1) is 35.3 Å². The van der Waals surface area contributed by atoms with Crippen molar-refractivity contribution in [3.05, 3.63) is 11.1 Å². The Morgan fingerprint density at radius 2 is 2.11 bits per heavy atom. The fourth-order valence-corrected chi connectivity index (χ4v) is 2.04. The van der Waals surface area contributed by atoms with E-state index in [4.69, 9.17) is 0 Å². The molecule has 1 rings (SSSR count). The van der Waals surface area contributed by atoms with Gasteiger partial charge in [-0.2, -0.15) is 0 Å². The van der Waals surface area contributed by atoms with Gasteiger partial charge in [0.05, 0.1) is 12.2 Å². The van der Waals surface area contributed by atoms with Crippen LogP contribution in [-0.4, -0.2) is 38.6 Å². The fraction of sp³-hybridized carbons (Fsp3) is 0.667. The number of rotatable bonds is 5. The fourth-order valence-electron chi connectivity index (χ4n) is 1.28. The number of anilines is 1. The first-order chi connectivity index (χ1) is 8.52. The lowest BCUT2D eigenvalue weighted by molar-refractivity contribution is 0.614. The number of nitrogens with zero attached hydrogens (tertiary/aromatic N) is 3. The molecule has 0 saturated carbocycles. The van der Waals surface area contributed by atoms with Gasteiger partial charge >= 0.3 is 0 Å². The number of hydrogen-bond donors (Lipinski definition) is 2. The average molecular weight is 397 g/mol. The Hall–Kier alpha value is -0.570. The van der Waals surface area contributed by atoms with Crippen molar-refractivity contribution in [3.8, 4) is 0 Å². The van der Waals surface area contributed by atoms with Crippen molar-refractivity contribution < 1.29 is 0 Å². The Morgan fingerprint density at radius 1 is 1.42 bits per heavy atom. The Kier molecular flexibility index (Phi) is 9.07. The zero-order chi connectivity index (χ0) is 13.5. The molecular weight excluding hydrogens is 373 g/mol. The molecule has 0 unspecified atom stereocenters. The van der Waals surface area contributed by atoms with E-state index >= 15 is 0 Å². The number of halogens is 1. The number of nitrogens with one attached hydrogen (secondary N) is 2. The first-order valence-corrected chi connectivity index (χ1v) is 6.97. The maximum absolute atomic E-state index is 4.51. The average Bonchev–Trinajstić information content (AvgIpc) is 2.78. The highest BCUT2D eigenvalue weighted by molar-refractivity contribution is 14.0. The molecule has 0 fully saturated rings. The van der Waals surface area contributed by atoms with E-state index in [0.717, 1.165) is 23.3 Å². The summed E-state index contributed by atoms with van der Waals surface area (Å²) < 4.78 is 0. The molecule has 0 aliphatic heterocycles. The zero-order valence-corrected chi connectivity index (χ0v) is 15.4. The second-order valence-electron chi connectivity index (χ2n) is 4.72. The Morgan fingerprint density at radius 3 is 2.58 bits per heavy atom. The van der Waals surface area contributed by atoms with E-state index in [1.807, 2.05) is 19.0 Å². The molecule has 0 saturated heterocycles. The lowest BCUT2D eigenvalue weighted by atomic mass is 10.2. The maximum atomic E-state index is 4.51. The third kappa shape index (κ3) is 6.95. The summed E-state index contributed by atoms with van der Waals surface area (Å²) in [5, 5.41) is 9.62. The highest BCUT2D eigenvalue weighted by Gasteiger charge is 2.04. The summed E-state index contributed by atoms with van der Waals surface area (Å²) in [6, 6.07) is 0. The first kappa shape index (κ1) is 18.4. The predicted molar refractivity (Wildman–Crippen MR) is 94.9 cm³/mol. The molecular formula is C12H24IN5S. The third-order valence-corrected chi connectivity index (χ3v) is 3.32. The van der Waals surface area contributed by atoms with E-state index in [0.29, 0.717) is 12.5 Å². The van der Waals surface area contributed by atoms with E-state index in [1.54, 1.807) is 18.4 Å². The standard InChI is InChI=1S/C12H23N5S.HI/c1-9(2)6-14-11(13-3)15-7-10-8-18-12(16-10)17(4)5;/h8-9H,6-7H2,1-5H3,(H2,13,14,15);1H. The smallest absolute Gasteiger partial charge is 0.191 e. The molecule has 0 bridgehead atoms. The van der Waals surface area contributed by atoms with Crippen LogP contribution in [0.25, 0.3) is 0 Å². The van der Waals surface area contributed by atoms with Gasteiger partial charge in [0.15, 0.2) is 11.1 Å². The SMILES string of the molecule is CN=C(NCc1csc(N(C)C)n1)NCC(C)C.I. The molecule has 2 N–H and O–H groups in total. The largest absolute Gasteiger partial charge is 0.356 e. The second kappa shape index (κ2) is 9.35. The molecule has 5 nitrogen and oxygen atoms in total. The van der Waals surface area contributed by atoms with Crippen LogP contribution in [0.2, 0.25) is 0 Å². The van der Waals surface area contributed by atoms with Crippen LogP contribution >= 0.6 is 35.3 Å². The molecule has 1 aromatic rings. The Bertz CT molecular complexity index is 389. The summed E-state index contributed by atoms with van der Waals surface area (Å²) in [7, 11) is 5.78. The Labute approximate surface area is 136 Å². The number of thiazole rings is 1. The third-order valence-electron chi connectivity index (χ3n) is 2.26. The van der Waals surface area contributed by atoms with Crippen LogP contribution in [0.3, 0.4) is 0 Å². The van der Waals surface area contributed by atoms with E-state index < -0.39 is 0 Å². The monoisotopic (exact) mass is 397 g/mol. The van der Waals surface area contributed by atoms with Crippen LogP contribution in [0.5, 0.6) is 0 Å². The van der Waals surface area contributed by atoms with Crippen LogP contribution in [0.15, 0.2) is 10.4 Å². The minimum atomic E-state index is 0. The summed E-state index contributed by atoms with van der Waals surface area (Å²) in [5.74, 6) is 1.42. The van der Waals surface area contributed by atoms with Crippen molar-refractivity contribution in [2.45, 2.75) is 20.4 Å². The van der Waals surface area contributed by atoms with Crippen LogP contribution in [0.4, 0.5) is 5.13 Å². The van der Waals surface area contributed by atoms with Gasteiger partial charge in [-0.1, -0.05) is 13.8 Å². The van der Waals surface area contributed by atoms with Gasteiger partial charge in [0.2, 0.25) is 0 Å². The summed E-state index contributed by atoms with van der Waals surface area (Å²) in [5.41, 5.74) is 1.04. The summed E-state index contributed by atoms with van der Waals surface area (Å²) in [6.45, 7) is 5.95. The van der Waals surface area contributed by atoms with E-state index in [9.17, 15) is 0 Å². The Balaban J connectivity index is 0.00000324. The highest BCUT2D eigenvalue weighted by atomic mass is 127. The zero-order valence-electron chi connectivity index (χ0n) is 12.2.